The summed E-state index contributed by atoms with van der Waals surface area (Å²) in [5.41, 5.74) is 4.20. The summed E-state index contributed by atoms with van der Waals surface area (Å²) in [4.78, 5) is 16.2. The molecule has 136 valence electrons. The van der Waals surface area contributed by atoms with Crippen LogP contribution in [0.15, 0.2) is 103 Å². The predicted molar refractivity (Wildman–Crippen MR) is 106 cm³/mol. The summed E-state index contributed by atoms with van der Waals surface area (Å²) in [6.07, 6.45) is 3.60. The average Bonchev–Trinajstić information content (AvgIpc) is 2.78. The van der Waals surface area contributed by atoms with E-state index in [4.69, 9.17) is 4.79 Å². The van der Waals surface area contributed by atoms with Gasteiger partial charge >= 0.3 is 20.1 Å². The van der Waals surface area contributed by atoms with Gasteiger partial charge in [0.15, 0.2) is 0 Å². The van der Waals surface area contributed by atoms with Crippen LogP contribution in [0.3, 0.4) is 0 Å². The standard InChI is InChI=1S/C11H9N.C11H8N.CHO.Ir.H/c2*1-2-6-10(7-3-1)11-8-4-5-9-12-11;1-2;;/h1-9H;1-6,8-9H;1H;;/q;2*-1;+2;. The van der Waals surface area contributed by atoms with Gasteiger partial charge in [0.05, 0.1) is 5.69 Å². The summed E-state index contributed by atoms with van der Waals surface area (Å²) in [6, 6.07) is 32.9. The number of benzene rings is 2. The van der Waals surface area contributed by atoms with Crippen molar-refractivity contribution in [1.29, 1.82) is 0 Å². The van der Waals surface area contributed by atoms with Gasteiger partial charge in [-0.25, -0.2) is 0 Å². The molecule has 4 aromatic rings. The van der Waals surface area contributed by atoms with Gasteiger partial charge in [-0.2, -0.15) is 0 Å². The van der Waals surface area contributed by atoms with E-state index < -0.39 is 0 Å². The van der Waals surface area contributed by atoms with E-state index in [0.717, 1.165) is 22.5 Å². The van der Waals surface area contributed by atoms with Gasteiger partial charge in [0.2, 0.25) is 0 Å². The van der Waals surface area contributed by atoms with E-state index in [9.17, 15) is 0 Å². The maximum atomic E-state index is 7.75. The van der Waals surface area contributed by atoms with E-state index in [2.05, 4.69) is 35.0 Å². The van der Waals surface area contributed by atoms with Crippen molar-refractivity contribution in [3.05, 3.63) is 109 Å². The fourth-order valence-corrected chi connectivity index (χ4v) is 2.22. The van der Waals surface area contributed by atoms with Crippen LogP contribution in [0.1, 0.15) is 0 Å². The van der Waals surface area contributed by atoms with Gasteiger partial charge in [-0.05, 0) is 23.9 Å². The Morgan fingerprint density at radius 3 is 1.70 bits per heavy atom. The van der Waals surface area contributed by atoms with Crippen LogP contribution < -0.4 is 0 Å². The largest absolute Gasteiger partial charge is 0.305 e. The van der Waals surface area contributed by atoms with Crippen LogP contribution in [0.4, 0.5) is 0 Å². The van der Waals surface area contributed by atoms with Crippen LogP contribution >= 0.6 is 0 Å². The molecule has 0 aliphatic carbocycles. The average molecular weight is 532 g/mol. The normalized spacial score (nSPS) is 8.74. The summed E-state index contributed by atoms with van der Waals surface area (Å²) in [5.74, 6) is 0. The third-order valence-electron chi connectivity index (χ3n) is 3.38. The van der Waals surface area contributed by atoms with Crippen LogP contribution in [0.2, 0.25) is 0 Å². The molecule has 0 saturated heterocycles. The number of rotatable bonds is 2. The topological polar surface area (TPSA) is 42.9 Å². The molecule has 0 bridgehead atoms. The van der Waals surface area contributed by atoms with Crippen molar-refractivity contribution >= 4 is 6.79 Å². The Labute approximate surface area is 173 Å². The number of carbonyl (C=O) groups excluding carboxylic acids is 1. The Balaban J connectivity index is 0.000000239. The molecular formula is C23H19IrN2O. The van der Waals surface area contributed by atoms with Crippen LogP contribution in [-0.2, 0) is 24.9 Å². The van der Waals surface area contributed by atoms with Crippen molar-refractivity contribution in [2.24, 2.45) is 0 Å². The minimum atomic E-state index is 0. The van der Waals surface area contributed by atoms with E-state index in [1.54, 1.807) is 6.20 Å². The van der Waals surface area contributed by atoms with Crippen LogP contribution in [0.5, 0.6) is 0 Å². The van der Waals surface area contributed by atoms with E-state index in [0.29, 0.717) is 0 Å². The SMILES string of the molecule is [CH-]=O.[IrH+2].[c-]1ccccc1-c1ccccn1.c1ccc(-c2ccccn2)cc1. The maximum absolute atomic E-state index is 7.75. The Morgan fingerprint density at radius 2 is 1.19 bits per heavy atom. The second kappa shape index (κ2) is 13.3. The summed E-state index contributed by atoms with van der Waals surface area (Å²) in [6.45, 7) is 3.25. The molecule has 2 heterocycles. The fourth-order valence-electron chi connectivity index (χ4n) is 2.22. The Hall–Kier alpha value is -2.94. The van der Waals surface area contributed by atoms with Gasteiger partial charge in [-0.15, -0.1) is 35.9 Å². The number of nitrogens with zero attached hydrogens (tertiary/aromatic N) is 2. The molecule has 4 rings (SSSR count). The zero-order valence-corrected chi connectivity index (χ0v) is 17.1. The van der Waals surface area contributed by atoms with Crippen molar-refractivity contribution in [2.75, 3.05) is 0 Å². The van der Waals surface area contributed by atoms with E-state index in [1.807, 2.05) is 85.1 Å². The summed E-state index contributed by atoms with van der Waals surface area (Å²) >= 11 is 0. The Kier molecular flexibility index (Phi) is 10.9. The van der Waals surface area contributed by atoms with Crippen molar-refractivity contribution in [2.45, 2.75) is 0 Å². The summed E-state index contributed by atoms with van der Waals surface area (Å²) < 4.78 is 0. The molecule has 0 N–H and O–H groups in total. The minimum Gasteiger partial charge on any atom is -0.305 e. The Morgan fingerprint density at radius 1 is 0.630 bits per heavy atom. The summed E-state index contributed by atoms with van der Waals surface area (Å²) in [5, 5.41) is 0. The molecule has 2 aromatic heterocycles. The fraction of sp³-hybridized carbons (Fsp3) is 0. The Bertz CT molecular complexity index is 708. The molecule has 0 aliphatic rings. The predicted octanol–water partition coefficient (Wildman–Crippen LogP) is 4.75. The first-order valence-electron chi connectivity index (χ1n) is 8.01. The third-order valence-corrected chi connectivity index (χ3v) is 3.38. The van der Waals surface area contributed by atoms with Crippen molar-refractivity contribution in [3.8, 4) is 22.5 Å². The molecule has 1 radical (unpaired) electrons. The third kappa shape index (κ3) is 7.45. The number of aromatic nitrogens is 2. The molecule has 0 unspecified atom stereocenters. The van der Waals surface area contributed by atoms with Gasteiger partial charge < -0.3 is 9.78 Å². The molecule has 0 aliphatic heterocycles. The van der Waals surface area contributed by atoms with E-state index in [1.165, 1.54) is 0 Å². The first kappa shape index (κ1) is 22.1. The number of hydrogen-bond acceptors (Lipinski definition) is 3. The minimum absolute atomic E-state index is 0. The molecule has 0 amide bonds. The number of pyridine rings is 2. The second-order valence-electron chi connectivity index (χ2n) is 5.07. The molecule has 2 aromatic carbocycles. The van der Waals surface area contributed by atoms with E-state index in [-0.39, 0.29) is 20.1 Å². The zero-order chi connectivity index (χ0) is 18.5. The molecule has 0 spiro atoms. The van der Waals surface area contributed by atoms with Crippen molar-refractivity contribution < 1.29 is 24.9 Å². The van der Waals surface area contributed by atoms with Crippen molar-refractivity contribution in [1.82, 2.24) is 9.97 Å². The van der Waals surface area contributed by atoms with Crippen LogP contribution in [-0.4, -0.2) is 16.8 Å². The molecule has 0 fully saturated rings. The molecule has 27 heavy (non-hydrogen) atoms. The number of hydrogen-bond donors (Lipinski definition) is 0. The molecule has 0 saturated carbocycles. The molecule has 3 nitrogen and oxygen atoms in total. The molecular weight excluding hydrogens is 512 g/mol. The molecule has 4 heteroatoms. The van der Waals surface area contributed by atoms with E-state index >= 15 is 0 Å². The van der Waals surface area contributed by atoms with Crippen LogP contribution in [0.25, 0.3) is 22.5 Å². The van der Waals surface area contributed by atoms with Crippen molar-refractivity contribution in [3.63, 3.8) is 0 Å². The maximum Gasteiger partial charge on any atom is 0.0701 e. The summed E-state index contributed by atoms with van der Waals surface area (Å²) in [7, 11) is 0. The molecule has 0 atom stereocenters. The van der Waals surface area contributed by atoms with Gasteiger partial charge in [0.1, 0.15) is 0 Å². The first-order valence-corrected chi connectivity index (χ1v) is 8.01. The quantitative estimate of drug-likeness (QED) is 0.277. The van der Waals surface area contributed by atoms with Crippen LogP contribution in [0, 0.1) is 6.07 Å². The zero-order valence-electron chi connectivity index (χ0n) is 14.5. The van der Waals surface area contributed by atoms with Gasteiger partial charge in [-0.3, -0.25) is 11.8 Å². The van der Waals surface area contributed by atoms with Gasteiger partial charge in [-0.1, -0.05) is 48.5 Å². The smallest absolute Gasteiger partial charge is 0.0701 e. The van der Waals surface area contributed by atoms with Gasteiger partial charge in [0.25, 0.3) is 0 Å². The second-order valence-corrected chi connectivity index (χ2v) is 5.07. The van der Waals surface area contributed by atoms with Gasteiger partial charge in [0, 0.05) is 18.0 Å². The first-order chi connectivity index (χ1) is 12.9. The monoisotopic (exact) mass is 532 g/mol.